The number of hydrogen-bond donors (Lipinski definition) is 3. The van der Waals surface area contributed by atoms with Crippen molar-refractivity contribution >= 4 is 27.5 Å². The van der Waals surface area contributed by atoms with Crippen LogP contribution in [0.1, 0.15) is 56.5 Å². The van der Waals surface area contributed by atoms with E-state index in [1.165, 1.54) is 16.8 Å². The summed E-state index contributed by atoms with van der Waals surface area (Å²) in [7, 11) is -4.99. The molecule has 32 heavy (non-hydrogen) atoms. The van der Waals surface area contributed by atoms with Crippen LogP contribution in [0.4, 0.5) is 14.6 Å². The third-order valence-electron chi connectivity index (χ3n) is 4.89. The van der Waals surface area contributed by atoms with Gasteiger partial charge in [0.25, 0.3) is 5.91 Å². The van der Waals surface area contributed by atoms with Gasteiger partial charge in [0.15, 0.2) is 6.29 Å². The predicted octanol–water partition coefficient (Wildman–Crippen LogP) is 2.38. The zero-order valence-corrected chi connectivity index (χ0v) is 18.8. The molecule has 2 aromatic rings. The van der Waals surface area contributed by atoms with E-state index >= 15 is 0 Å². The molecule has 1 fully saturated rings. The normalized spacial score (nSPS) is 19.7. The molecule has 1 aliphatic rings. The Morgan fingerprint density at radius 1 is 1.28 bits per heavy atom. The third-order valence-corrected chi connectivity index (χ3v) is 6.33. The lowest BCUT2D eigenvalue weighted by atomic mass is 9.92. The average Bonchev–Trinajstić information content (AvgIpc) is 3.11. The summed E-state index contributed by atoms with van der Waals surface area (Å²) < 4.78 is 51.6. The minimum Gasteiger partial charge on any atom is -0.322 e. The molecular formula is C20H25F2N5O4S. The van der Waals surface area contributed by atoms with Gasteiger partial charge in [-0.2, -0.15) is 13.9 Å². The van der Waals surface area contributed by atoms with Crippen molar-refractivity contribution in [2.75, 3.05) is 5.32 Å². The van der Waals surface area contributed by atoms with Crippen LogP contribution < -0.4 is 16.0 Å². The Morgan fingerprint density at radius 3 is 2.53 bits per heavy atom. The molecule has 1 aliphatic heterocycles. The molecular weight excluding hydrogens is 444 g/mol. The molecule has 0 aliphatic carbocycles. The lowest BCUT2D eigenvalue weighted by molar-refractivity contribution is -0.125. The standard InChI is InChI=1S/C20H25F2N5O4S/c1-11-9-16(28)25-19(23-11)27-15(10-14(26-27)20(2,3)4)24-17(29)12-7-5-6-8-13(12)32(30,31)18(21)22/h5-8,10-11,18-19,23H,9H2,1-4H3,(H,24,29)(H,25,28). The molecule has 174 valence electrons. The van der Waals surface area contributed by atoms with Crippen molar-refractivity contribution in [3.8, 4) is 0 Å². The summed E-state index contributed by atoms with van der Waals surface area (Å²) in [6.07, 6.45) is -0.498. The van der Waals surface area contributed by atoms with Crippen LogP contribution in [0.25, 0.3) is 0 Å². The summed E-state index contributed by atoms with van der Waals surface area (Å²) in [5.41, 5.74) is -0.242. The first-order chi connectivity index (χ1) is 14.8. The molecule has 2 atom stereocenters. The van der Waals surface area contributed by atoms with Gasteiger partial charge in [0, 0.05) is 23.9 Å². The Labute approximate surface area is 184 Å². The Kier molecular flexibility index (Phi) is 6.38. The number of carbonyl (C=O) groups excluding carboxylic acids is 2. The predicted molar refractivity (Wildman–Crippen MR) is 113 cm³/mol. The van der Waals surface area contributed by atoms with Crippen LogP contribution in [-0.4, -0.2) is 41.8 Å². The topological polar surface area (TPSA) is 122 Å². The number of nitrogens with zero attached hydrogens (tertiary/aromatic N) is 2. The van der Waals surface area contributed by atoms with Crippen LogP contribution in [0.5, 0.6) is 0 Å². The first-order valence-electron chi connectivity index (χ1n) is 9.88. The molecule has 0 saturated carbocycles. The number of carbonyl (C=O) groups is 2. The molecule has 0 radical (unpaired) electrons. The fourth-order valence-electron chi connectivity index (χ4n) is 3.22. The van der Waals surface area contributed by atoms with Gasteiger partial charge in [0.1, 0.15) is 5.82 Å². The Bertz CT molecular complexity index is 1140. The molecule has 3 N–H and O–H groups in total. The van der Waals surface area contributed by atoms with E-state index in [-0.39, 0.29) is 24.2 Å². The van der Waals surface area contributed by atoms with E-state index in [1.54, 1.807) is 6.07 Å². The molecule has 2 unspecified atom stereocenters. The van der Waals surface area contributed by atoms with E-state index in [0.29, 0.717) is 5.69 Å². The van der Waals surface area contributed by atoms with Crippen molar-refractivity contribution in [1.29, 1.82) is 0 Å². The maximum atomic E-state index is 13.1. The minimum atomic E-state index is -4.99. The van der Waals surface area contributed by atoms with Gasteiger partial charge in [-0.15, -0.1) is 0 Å². The number of hydrogen-bond acceptors (Lipinski definition) is 6. The van der Waals surface area contributed by atoms with Gasteiger partial charge in [-0.1, -0.05) is 32.9 Å². The highest BCUT2D eigenvalue weighted by molar-refractivity contribution is 7.91. The zero-order valence-electron chi connectivity index (χ0n) is 18.0. The van der Waals surface area contributed by atoms with Gasteiger partial charge >= 0.3 is 5.76 Å². The van der Waals surface area contributed by atoms with Crippen LogP contribution >= 0.6 is 0 Å². The second-order valence-electron chi connectivity index (χ2n) is 8.61. The van der Waals surface area contributed by atoms with Crippen LogP contribution in [0.2, 0.25) is 0 Å². The summed E-state index contributed by atoms with van der Waals surface area (Å²) in [5, 5.41) is 13.0. The number of sulfone groups is 1. The van der Waals surface area contributed by atoms with E-state index in [4.69, 9.17) is 0 Å². The van der Waals surface area contributed by atoms with Crippen molar-refractivity contribution < 1.29 is 26.8 Å². The van der Waals surface area contributed by atoms with E-state index in [1.807, 2.05) is 27.7 Å². The minimum absolute atomic E-state index is 0.156. The lowest BCUT2D eigenvalue weighted by Crippen LogP contribution is -2.52. The number of aromatic nitrogens is 2. The van der Waals surface area contributed by atoms with Crippen LogP contribution in [-0.2, 0) is 20.0 Å². The Balaban J connectivity index is 2.02. The SMILES string of the molecule is CC1CC(=O)NC(n2nc(C(C)(C)C)cc2NC(=O)c2ccccc2S(=O)(=O)C(F)F)N1. The highest BCUT2D eigenvalue weighted by atomic mass is 32.2. The van der Waals surface area contributed by atoms with Crippen molar-refractivity contribution in [1.82, 2.24) is 20.4 Å². The van der Waals surface area contributed by atoms with E-state index in [0.717, 1.165) is 12.1 Å². The fraction of sp³-hybridized carbons (Fsp3) is 0.450. The van der Waals surface area contributed by atoms with Gasteiger partial charge in [0.05, 0.1) is 16.2 Å². The van der Waals surface area contributed by atoms with Gasteiger partial charge in [0.2, 0.25) is 15.7 Å². The Hall–Kier alpha value is -2.86. The molecule has 2 amide bonds. The fourth-order valence-corrected chi connectivity index (χ4v) is 4.15. The Morgan fingerprint density at radius 2 is 1.94 bits per heavy atom. The first kappa shape index (κ1) is 23.8. The maximum Gasteiger partial charge on any atom is 0.341 e. The highest BCUT2D eigenvalue weighted by Gasteiger charge is 2.32. The van der Waals surface area contributed by atoms with Crippen molar-refractivity contribution in [3.63, 3.8) is 0 Å². The quantitative estimate of drug-likeness (QED) is 0.618. The summed E-state index contributed by atoms with van der Waals surface area (Å²) >= 11 is 0. The number of rotatable bonds is 5. The van der Waals surface area contributed by atoms with Gasteiger partial charge in [-0.3, -0.25) is 14.9 Å². The van der Waals surface area contributed by atoms with Crippen LogP contribution in [0, 0.1) is 0 Å². The van der Waals surface area contributed by atoms with Crippen molar-refractivity contribution in [2.24, 2.45) is 0 Å². The molecule has 1 aromatic carbocycles. The highest BCUT2D eigenvalue weighted by Crippen LogP contribution is 2.28. The number of benzene rings is 1. The zero-order chi connectivity index (χ0) is 23.8. The number of anilines is 1. The molecule has 0 spiro atoms. The summed E-state index contributed by atoms with van der Waals surface area (Å²) in [5.74, 6) is -4.62. The maximum absolute atomic E-state index is 13.1. The van der Waals surface area contributed by atoms with Gasteiger partial charge < -0.3 is 10.6 Å². The number of alkyl halides is 2. The molecule has 0 bridgehead atoms. The molecule has 1 aromatic heterocycles. The number of nitrogens with one attached hydrogen (secondary N) is 3. The average molecular weight is 470 g/mol. The van der Waals surface area contributed by atoms with Crippen LogP contribution in [0.3, 0.4) is 0 Å². The summed E-state index contributed by atoms with van der Waals surface area (Å²) in [4.78, 5) is 24.2. The smallest absolute Gasteiger partial charge is 0.322 e. The third kappa shape index (κ3) is 4.80. The van der Waals surface area contributed by atoms with Gasteiger partial charge in [-0.25, -0.2) is 13.1 Å². The molecule has 9 nitrogen and oxygen atoms in total. The largest absolute Gasteiger partial charge is 0.341 e. The second kappa shape index (κ2) is 8.58. The molecule has 1 saturated heterocycles. The van der Waals surface area contributed by atoms with Crippen molar-refractivity contribution in [2.45, 2.75) is 62.5 Å². The monoisotopic (exact) mass is 469 g/mol. The first-order valence-corrected chi connectivity index (χ1v) is 11.4. The second-order valence-corrected chi connectivity index (χ2v) is 10.5. The van der Waals surface area contributed by atoms with Crippen molar-refractivity contribution in [3.05, 3.63) is 41.6 Å². The summed E-state index contributed by atoms with van der Waals surface area (Å²) in [6.45, 7) is 7.55. The van der Waals surface area contributed by atoms with E-state index in [2.05, 4.69) is 21.0 Å². The number of halogens is 2. The van der Waals surface area contributed by atoms with E-state index in [9.17, 15) is 26.8 Å². The molecule has 2 heterocycles. The van der Waals surface area contributed by atoms with E-state index < -0.39 is 43.7 Å². The molecule has 12 heteroatoms. The number of amides is 2. The van der Waals surface area contributed by atoms with Gasteiger partial charge in [-0.05, 0) is 19.1 Å². The molecule has 3 rings (SSSR count). The lowest BCUT2D eigenvalue weighted by Gasteiger charge is -2.30. The summed E-state index contributed by atoms with van der Waals surface area (Å²) in [6, 6.07) is 6.18. The van der Waals surface area contributed by atoms with Crippen LogP contribution in [0.15, 0.2) is 35.2 Å².